The molecule has 4 aromatic rings. The van der Waals surface area contributed by atoms with Crippen LogP contribution in [0, 0.1) is 5.82 Å². The van der Waals surface area contributed by atoms with E-state index in [1.165, 1.54) is 12.1 Å². The number of aromatic amines is 1. The Morgan fingerprint density at radius 2 is 2.09 bits per heavy atom. The Morgan fingerprint density at radius 1 is 1.25 bits per heavy atom. The Hall–Kier alpha value is -3.61. The molecule has 0 radical (unpaired) electrons. The maximum Gasteiger partial charge on any atom is 0.270 e. The zero-order chi connectivity index (χ0) is 22.1. The van der Waals surface area contributed by atoms with Gasteiger partial charge in [0.05, 0.1) is 19.2 Å². The third-order valence-electron chi connectivity index (χ3n) is 5.98. The lowest BCUT2D eigenvalue weighted by molar-refractivity contribution is 0.0693. The van der Waals surface area contributed by atoms with Crippen LogP contribution in [0.2, 0.25) is 0 Å². The smallest absolute Gasteiger partial charge is 0.270 e. The minimum Gasteiger partial charge on any atom is -0.497 e. The van der Waals surface area contributed by atoms with Crippen LogP contribution >= 0.6 is 0 Å². The van der Waals surface area contributed by atoms with E-state index in [9.17, 15) is 9.18 Å². The summed E-state index contributed by atoms with van der Waals surface area (Å²) in [6.45, 7) is 1.27. The van der Waals surface area contributed by atoms with E-state index >= 15 is 0 Å². The number of H-pyrrole nitrogens is 1. The first-order valence-corrected chi connectivity index (χ1v) is 10.7. The molecule has 2 aromatic heterocycles. The van der Waals surface area contributed by atoms with Gasteiger partial charge in [-0.2, -0.15) is 0 Å². The van der Waals surface area contributed by atoms with Gasteiger partial charge in [-0.3, -0.25) is 4.79 Å². The lowest BCUT2D eigenvalue weighted by atomic mass is 9.97. The van der Waals surface area contributed by atoms with Crippen molar-refractivity contribution in [3.8, 4) is 5.75 Å². The summed E-state index contributed by atoms with van der Waals surface area (Å²) in [6, 6.07) is 13.9. The van der Waals surface area contributed by atoms with E-state index < -0.39 is 0 Å². The fraction of sp³-hybridized carbons (Fsp3) is 0.280. The Morgan fingerprint density at radius 3 is 2.91 bits per heavy atom. The molecule has 1 N–H and O–H groups in total. The molecule has 3 heterocycles. The van der Waals surface area contributed by atoms with Gasteiger partial charge in [0.15, 0.2) is 5.89 Å². The molecule has 0 spiro atoms. The fourth-order valence-corrected chi connectivity index (χ4v) is 4.28. The van der Waals surface area contributed by atoms with Crippen molar-refractivity contribution in [1.29, 1.82) is 0 Å². The second-order valence-electron chi connectivity index (χ2n) is 8.19. The highest BCUT2D eigenvalue weighted by atomic mass is 19.1. The standard InChI is InChI=1S/C25H24FN3O3/c1-31-20-8-9-22-18(12-20)13-23(28-22)25(30)29-10-2-3-17(15-29)24-27-14-21(32-24)11-16-4-6-19(26)7-5-16/h4-9,12-14,17,28H,2-3,10-11,15H2,1H3/t17-/m1/s1. The zero-order valence-electron chi connectivity index (χ0n) is 17.8. The number of likely N-dealkylation sites (tertiary alicyclic amines) is 1. The molecule has 0 unspecified atom stereocenters. The van der Waals surface area contributed by atoms with Crippen LogP contribution in [0.4, 0.5) is 4.39 Å². The summed E-state index contributed by atoms with van der Waals surface area (Å²) in [5.41, 5.74) is 2.43. The van der Waals surface area contributed by atoms with Crippen molar-refractivity contribution < 1.29 is 18.3 Å². The maximum atomic E-state index is 13.2. The van der Waals surface area contributed by atoms with Crippen molar-refractivity contribution in [2.45, 2.75) is 25.2 Å². The number of hydrogen-bond acceptors (Lipinski definition) is 4. The van der Waals surface area contributed by atoms with Gasteiger partial charge in [-0.15, -0.1) is 0 Å². The van der Waals surface area contributed by atoms with Gasteiger partial charge in [-0.05, 0) is 54.8 Å². The van der Waals surface area contributed by atoms with Crippen LogP contribution in [0.15, 0.2) is 59.1 Å². The van der Waals surface area contributed by atoms with Gasteiger partial charge in [0, 0.05) is 30.4 Å². The quantitative estimate of drug-likeness (QED) is 0.485. The third-order valence-corrected chi connectivity index (χ3v) is 5.98. The number of benzene rings is 2. The second-order valence-corrected chi connectivity index (χ2v) is 8.19. The van der Waals surface area contributed by atoms with Gasteiger partial charge in [0.1, 0.15) is 23.0 Å². The van der Waals surface area contributed by atoms with E-state index in [2.05, 4.69) is 9.97 Å². The highest BCUT2D eigenvalue weighted by Crippen LogP contribution is 2.29. The average Bonchev–Trinajstić information content (AvgIpc) is 3.46. The fourth-order valence-electron chi connectivity index (χ4n) is 4.28. The molecule has 7 heteroatoms. The molecule has 32 heavy (non-hydrogen) atoms. The summed E-state index contributed by atoms with van der Waals surface area (Å²) in [5, 5.41) is 0.944. The van der Waals surface area contributed by atoms with Gasteiger partial charge < -0.3 is 19.0 Å². The van der Waals surface area contributed by atoms with Crippen molar-refractivity contribution >= 4 is 16.8 Å². The average molecular weight is 433 g/mol. The first kappa shape index (κ1) is 20.3. The SMILES string of the molecule is COc1ccc2[nH]c(C(=O)N3CCC[C@@H](c4ncc(Cc5ccc(F)cc5)o4)C3)cc2c1. The highest BCUT2D eigenvalue weighted by Gasteiger charge is 2.29. The molecule has 6 nitrogen and oxygen atoms in total. The van der Waals surface area contributed by atoms with Crippen molar-refractivity contribution in [3.05, 3.63) is 83.5 Å². The number of amides is 1. The number of fused-ring (bicyclic) bond motifs is 1. The van der Waals surface area contributed by atoms with Crippen LogP contribution in [0.5, 0.6) is 5.75 Å². The van der Waals surface area contributed by atoms with Crippen LogP contribution in [0.3, 0.4) is 0 Å². The number of nitrogens with zero attached hydrogens (tertiary/aromatic N) is 2. The number of carbonyl (C=O) groups excluding carboxylic acids is 1. The highest BCUT2D eigenvalue weighted by molar-refractivity contribution is 5.98. The summed E-state index contributed by atoms with van der Waals surface area (Å²) in [5.74, 6) is 1.92. The Labute approximate surface area is 185 Å². The molecule has 2 aromatic carbocycles. The lowest BCUT2D eigenvalue weighted by Crippen LogP contribution is -2.39. The van der Waals surface area contributed by atoms with E-state index in [4.69, 9.17) is 9.15 Å². The molecule has 164 valence electrons. The number of piperidine rings is 1. The van der Waals surface area contributed by atoms with Gasteiger partial charge in [0.25, 0.3) is 5.91 Å². The number of halogens is 1. The van der Waals surface area contributed by atoms with Crippen LogP contribution in [-0.4, -0.2) is 41.0 Å². The molecule has 0 bridgehead atoms. The first-order valence-electron chi connectivity index (χ1n) is 10.7. The lowest BCUT2D eigenvalue weighted by Gasteiger charge is -2.31. The van der Waals surface area contributed by atoms with Crippen molar-refractivity contribution in [3.63, 3.8) is 0 Å². The maximum absolute atomic E-state index is 13.2. The van der Waals surface area contributed by atoms with E-state index in [-0.39, 0.29) is 17.6 Å². The molecule has 1 aliphatic rings. The van der Waals surface area contributed by atoms with E-state index in [1.54, 1.807) is 25.4 Å². The van der Waals surface area contributed by atoms with Crippen LogP contribution < -0.4 is 4.74 Å². The monoisotopic (exact) mass is 433 g/mol. The van der Waals surface area contributed by atoms with Gasteiger partial charge >= 0.3 is 0 Å². The van der Waals surface area contributed by atoms with Gasteiger partial charge in [-0.25, -0.2) is 9.37 Å². The van der Waals surface area contributed by atoms with Gasteiger partial charge in [-0.1, -0.05) is 12.1 Å². The number of ether oxygens (including phenoxy) is 1. The summed E-state index contributed by atoms with van der Waals surface area (Å²) < 4.78 is 24.4. The zero-order valence-corrected chi connectivity index (χ0v) is 17.8. The van der Waals surface area contributed by atoms with E-state index in [0.717, 1.165) is 40.8 Å². The molecule has 0 aliphatic carbocycles. The Kier molecular flexibility index (Phi) is 5.39. The Balaban J connectivity index is 1.28. The molecular formula is C25H24FN3O3. The topological polar surface area (TPSA) is 71.4 Å². The second kappa shape index (κ2) is 8.49. The molecule has 1 fully saturated rings. The number of carbonyl (C=O) groups is 1. The summed E-state index contributed by atoms with van der Waals surface area (Å²) in [6.07, 6.45) is 4.09. The van der Waals surface area contributed by atoms with E-state index in [1.807, 2.05) is 29.2 Å². The molecule has 1 atom stereocenters. The van der Waals surface area contributed by atoms with Crippen molar-refractivity contribution in [2.75, 3.05) is 20.2 Å². The molecule has 1 aliphatic heterocycles. The van der Waals surface area contributed by atoms with Crippen molar-refractivity contribution in [2.24, 2.45) is 0 Å². The number of aromatic nitrogens is 2. The van der Waals surface area contributed by atoms with Crippen LogP contribution in [-0.2, 0) is 6.42 Å². The number of oxazole rings is 1. The summed E-state index contributed by atoms with van der Waals surface area (Å²) in [7, 11) is 1.63. The van der Waals surface area contributed by atoms with E-state index in [0.29, 0.717) is 31.1 Å². The third kappa shape index (κ3) is 4.10. The number of methoxy groups -OCH3 is 1. The van der Waals surface area contributed by atoms with Crippen molar-refractivity contribution in [1.82, 2.24) is 14.9 Å². The molecule has 0 saturated carbocycles. The Bertz CT molecular complexity index is 1250. The largest absolute Gasteiger partial charge is 0.497 e. The number of rotatable bonds is 5. The predicted molar refractivity (Wildman–Crippen MR) is 118 cm³/mol. The summed E-state index contributed by atoms with van der Waals surface area (Å²) in [4.78, 5) is 22.7. The molecule has 5 rings (SSSR count). The van der Waals surface area contributed by atoms with Gasteiger partial charge in [0.2, 0.25) is 0 Å². The molecule has 1 saturated heterocycles. The molecule has 1 amide bonds. The number of hydrogen-bond donors (Lipinski definition) is 1. The summed E-state index contributed by atoms with van der Waals surface area (Å²) >= 11 is 0. The number of nitrogens with one attached hydrogen (secondary N) is 1. The van der Waals surface area contributed by atoms with Crippen LogP contribution in [0.1, 0.15) is 46.5 Å². The van der Waals surface area contributed by atoms with Crippen LogP contribution in [0.25, 0.3) is 10.9 Å². The first-order chi connectivity index (χ1) is 15.6. The minimum atomic E-state index is -0.256. The minimum absolute atomic E-state index is 0.0250. The normalized spacial score (nSPS) is 16.4. The molecular weight excluding hydrogens is 409 g/mol. The predicted octanol–water partition coefficient (Wildman–Crippen LogP) is 4.91.